The number of nitrogens with zero attached hydrogens (tertiary/aromatic N) is 1. The normalized spacial score (nSPS) is 15.4. The third-order valence-corrected chi connectivity index (χ3v) is 4.28. The van der Waals surface area contributed by atoms with Crippen LogP contribution in [0.25, 0.3) is 0 Å². The Balaban J connectivity index is 2.05. The second kappa shape index (κ2) is 5.21. The quantitative estimate of drug-likeness (QED) is 0.824. The summed E-state index contributed by atoms with van der Waals surface area (Å²) in [6, 6.07) is 5.38. The smallest absolute Gasteiger partial charge is 0.254 e. The van der Waals surface area contributed by atoms with Crippen molar-refractivity contribution in [2.24, 2.45) is 0 Å². The minimum atomic E-state index is -2.97. The number of hydrogen-bond acceptors (Lipinski definition) is 4. The number of amides is 1. The molecule has 0 aromatic heterocycles. The number of anilines is 1. The number of fused-ring (bicyclic) bond motifs is 1. The van der Waals surface area contributed by atoms with Crippen LogP contribution in [0.1, 0.15) is 22.3 Å². The van der Waals surface area contributed by atoms with Gasteiger partial charge in [0, 0.05) is 30.6 Å². The molecule has 1 aliphatic heterocycles. The van der Waals surface area contributed by atoms with Crippen molar-refractivity contribution in [2.75, 3.05) is 30.8 Å². The van der Waals surface area contributed by atoms with Gasteiger partial charge in [-0.05, 0) is 30.5 Å². The fraction of sp³-hybridized carbons (Fsp3) is 0.462. The molecule has 0 saturated carbocycles. The first-order chi connectivity index (χ1) is 8.87. The van der Waals surface area contributed by atoms with E-state index in [1.165, 1.54) is 6.26 Å². The lowest BCUT2D eigenvalue weighted by Crippen LogP contribution is -2.38. The lowest BCUT2D eigenvalue weighted by Gasteiger charge is -2.28. The molecular formula is C13H18N2O3S. The van der Waals surface area contributed by atoms with Gasteiger partial charge in [-0.2, -0.15) is 0 Å². The molecule has 2 N–H and O–H groups in total. The van der Waals surface area contributed by atoms with Gasteiger partial charge in [-0.15, -0.1) is 0 Å². The van der Waals surface area contributed by atoms with Gasteiger partial charge in [0.15, 0.2) is 0 Å². The van der Waals surface area contributed by atoms with Crippen molar-refractivity contribution in [3.8, 4) is 0 Å². The van der Waals surface area contributed by atoms with Crippen LogP contribution >= 0.6 is 0 Å². The lowest BCUT2D eigenvalue weighted by molar-refractivity contribution is 0.0740. The number of carbonyl (C=O) groups is 1. The van der Waals surface area contributed by atoms with E-state index in [2.05, 4.69) is 0 Å². The van der Waals surface area contributed by atoms with E-state index in [0.29, 0.717) is 30.8 Å². The van der Waals surface area contributed by atoms with E-state index in [0.717, 1.165) is 12.0 Å². The average Bonchev–Trinajstić information content (AvgIpc) is 2.31. The summed E-state index contributed by atoms with van der Waals surface area (Å²) in [5.74, 6) is 0.0580. The number of rotatable bonds is 4. The van der Waals surface area contributed by atoms with E-state index in [4.69, 9.17) is 5.73 Å². The molecule has 6 heteroatoms. The van der Waals surface area contributed by atoms with Gasteiger partial charge in [-0.3, -0.25) is 4.79 Å². The zero-order chi connectivity index (χ0) is 14.0. The van der Waals surface area contributed by atoms with Crippen molar-refractivity contribution in [3.63, 3.8) is 0 Å². The van der Waals surface area contributed by atoms with Gasteiger partial charge in [0.2, 0.25) is 0 Å². The molecule has 0 fully saturated rings. The summed E-state index contributed by atoms with van der Waals surface area (Å²) in [4.78, 5) is 13.9. The zero-order valence-electron chi connectivity index (χ0n) is 10.9. The second-order valence-corrected chi connectivity index (χ2v) is 7.20. The zero-order valence-corrected chi connectivity index (χ0v) is 11.7. The van der Waals surface area contributed by atoms with Gasteiger partial charge in [-0.1, -0.05) is 6.07 Å². The summed E-state index contributed by atoms with van der Waals surface area (Å²) < 4.78 is 22.2. The Morgan fingerprint density at radius 1 is 1.37 bits per heavy atom. The van der Waals surface area contributed by atoms with E-state index >= 15 is 0 Å². The fourth-order valence-corrected chi connectivity index (χ4v) is 2.92. The van der Waals surface area contributed by atoms with E-state index < -0.39 is 9.84 Å². The Morgan fingerprint density at radius 2 is 2.11 bits per heavy atom. The van der Waals surface area contributed by atoms with Crippen LogP contribution in [-0.2, 0) is 16.3 Å². The van der Waals surface area contributed by atoms with Crippen molar-refractivity contribution in [1.82, 2.24) is 4.90 Å². The van der Waals surface area contributed by atoms with Crippen molar-refractivity contribution < 1.29 is 13.2 Å². The SMILES string of the molecule is CS(=O)(=O)CCCN1CCc2ccc(N)cc2C1=O. The molecule has 104 valence electrons. The maximum atomic E-state index is 12.2. The van der Waals surface area contributed by atoms with Crippen molar-refractivity contribution >= 4 is 21.4 Å². The van der Waals surface area contributed by atoms with E-state index in [-0.39, 0.29) is 11.7 Å². The molecule has 0 unspecified atom stereocenters. The molecule has 2 rings (SSSR count). The first-order valence-corrected chi connectivity index (χ1v) is 8.28. The molecule has 19 heavy (non-hydrogen) atoms. The molecule has 5 nitrogen and oxygen atoms in total. The van der Waals surface area contributed by atoms with Gasteiger partial charge >= 0.3 is 0 Å². The van der Waals surface area contributed by atoms with Crippen LogP contribution in [0, 0.1) is 0 Å². The summed E-state index contributed by atoms with van der Waals surface area (Å²) >= 11 is 0. The monoisotopic (exact) mass is 282 g/mol. The highest BCUT2D eigenvalue weighted by atomic mass is 32.2. The van der Waals surface area contributed by atoms with Gasteiger partial charge in [0.05, 0.1) is 5.75 Å². The van der Waals surface area contributed by atoms with Gasteiger partial charge < -0.3 is 10.6 Å². The molecule has 0 aliphatic carbocycles. The Labute approximate surface area is 113 Å². The first kappa shape index (κ1) is 13.9. The van der Waals surface area contributed by atoms with Crippen LogP contribution in [0.2, 0.25) is 0 Å². The molecule has 1 aliphatic rings. The third-order valence-electron chi connectivity index (χ3n) is 3.25. The van der Waals surface area contributed by atoms with Gasteiger partial charge in [0.25, 0.3) is 5.91 Å². The predicted molar refractivity (Wildman–Crippen MR) is 74.8 cm³/mol. The molecule has 0 bridgehead atoms. The topological polar surface area (TPSA) is 80.5 Å². The summed E-state index contributed by atoms with van der Waals surface area (Å²) in [6.07, 6.45) is 2.48. The number of nitrogen functional groups attached to an aromatic ring is 1. The average molecular weight is 282 g/mol. The summed E-state index contributed by atoms with van der Waals surface area (Å²) in [6.45, 7) is 1.11. The summed E-state index contributed by atoms with van der Waals surface area (Å²) in [7, 11) is -2.97. The number of benzene rings is 1. The third kappa shape index (κ3) is 3.47. The van der Waals surface area contributed by atoms with E-state index in [1.807, 2.05) is 6.07 Å². The lowest BCUT2D eigenvalue weighted by atomic mass is 9.98. The van der Waals surface area contributed by atoms with Gasteiger partial charge in [-0.25, -0.2) is 8.42 Å². The maximum absolute atomic E-state index is 12.2. The van der Waals surface area contributed by atoms with Crippen LogP contribution in [-0.4, -0.2) is 44.3 Å². The molecule has 1 amide bonds. The molecule has 0 saturated heterocycles. The maximum Gasteiger partial charge on any atom is 0.254 e. The fourth-order valence-electron chi connectivity index (χ4n) is 2.27. The van der Waals surface area contributed by atoms with Crippen LogP contribution in [0.4, 0.5) is 5.69 Å². The van der Waals surface area contributed by atoms with Crippen LogP contribution in [0.15, 0.2) is 18.2 Å². The number of hydrogen-bond donors (Lipinski definition) is 1. The van der Waals surface area contributed by atoms with Crippen molar-refractivity contribution in [2.45, 2.75) is 12.8 Å². The Bertz CT molecular complexity index is 596. The molecule has 1 heterocycles. The number of sulfone groups is 1. The van der Waals surface area contributed by atoms with Crippen LogP contribution in [0.5, 0.6) is 0 Å². The van der Waals surface area contributed by atoms with Crippen molar-refractivity contribution in [1.29, 1.82) is 0 Å². The molecule has 0 spiro atoms. The highest BCUT2D eigenvalue weighted by molar-refractivity contribution is 7.90. The predicted octanol–water partition coefficient (Wildman–Crippen LogP) is 0.702. The standard InChI is InChI=1S/C13H18N2O3S/c1-19(17,18)8-2-6-15-7-5-10-3-4-11(14)9-12(10)13(15)16/h3-4,9H,2,5-8,14H2,1H3. The Kier molecular flexibility index (Phi) is 3.80. The molecule has 0 radical (unpaired) electrons. The van der Waals surface area contributed by atoms with Crippen LogP contribution < -0.4 is 5.73 Å². The van der Waals surface area contributed by atoms with Crippen LogP contribution in [0.3, 0.4) is 0 Å². The number of carbonyl (C=O) groups excluding carboxylic acids is 1. The second-order valence-electron chi connectivity index (χ2n) is 4.94. The number of nitrogens with two attached hydrogens (primary N) is 1. The largest absolute Gasteiger partial charge is 0.399 e. The molecule has 1 aromatic rings. The van der Waals surface area contributed by atoms with E-state index in [1.54, 1.807) is 17.0 Å². The van der Waals surface area contributed by atoms with Crippen molar-refractivity contribution in [3.05, 3.63) is 29.3 Å². The highest BCUT2D eigenvalue weighted by Gasteiger charge is 2.24. The summed E-state index contributed by atoms with van der Waals surface area (Å²) in [5.41, 5.74) is 7.93. The van der Waals surface area contributed by atoms with E-state index in [9.17, 15) is 13.2 Å². The summed E-state index contributed by atoms with van der Waals surface area (Å²) in [5, 5.41) is 0. The minimum Gasteiger partial charge on any atom is -0.399 e. The molecule has 0 atom stereocenters. The van der Waals surface area contributed by atoms with Gasteiger partial charge in [0.1, 0.15) is 9.84 Å². The highest BCUT2D eigenvalue weighted by Crippen LogP contribution is 2.21. The molecule has 1 aromatic carbocycles. The minimum absolute atomic E-state index is 0.0537. The Morgan fingerprint density at radius 3 is 2.79 bits per heavy atom. The Hall–Kier alpha value is -1.56. The molecular weight excluding hydrogens is 264 g/mol. The first-order valence-electron chi connectivity index (χ1n) is 6.22.